The summed E-state index contributed by atoms with van der Waals surface area (Å²) in [5, 5.41) is 8.59. The molecule has 1 fully saturated rings. The molecule has 1 aliphatic rings. The van der Waals surface area contributed by atoms with Crippen molar-refractivity contribution in [1.29, 1.82) is 0 Å². The lowest BCUT2D eigenvalue weighted by Crippen LogP contribution is -2.35. The Morgan fingerprint density at radius 1 is 1.16 bits per heavy atom. The van der Waals surface area contributed by atoms with Gasteiger partial charge < -0.3 is 19.7 Å². The molecule has 3 heterocycles. The van der Waals surface area contributed by atoms with E-state index in [0.29, 0.717) is 23.6 Å². The number of carbonyl (C=O) groups is 2. The molecule has 3 rings (SSSR count). The summed E-state index contributed by atoms with van der Waals surface area (Å²) in [6.07, 6.45) is 6.97. The van der Waals surface area contributed by atoms with E-state index in [0.717, 1.165) is 25.9 Å². The molecule has 6 nitrogen and oxygen atoms in total. The lowest BCUT2D eigenvalue weighted by molar-refractivity contribution is 0.0528. The maximum Gasteiger partial charge on any atom is 0.407 e. The van der Waals surface area contributed by atoms with Crippen LogP contribution in [0.15, 0.2) is 46.7 Å². The summed E-state index contributed by atoms with van der Waals surface area (Å²) in [6.45, 7) is 7.63. The molecule has 1 saturated heterocycles. The summed E-state index contributed by atoms with van der Waals surface area (Å²) in [6, 6.07) is 5.82. The largest absolute Gasteiger partial charge is 0.464 e. The van der Waals surface area contributed by atoms with Crippen LogP contribution in [0, 0.1) is 0 Å². The van der Waals surface area contributed by atoms with Crippen molar-refractivity contribution < 1.29 is 19.1 Å². The molecule has 2 amide bonds. The number of likely N-dealkylation sites (tertiary alicyclic amines) is 1. The van der Waals surface area contributed by atoms with Crippen molar-refractivity contribution in [2.24, 2.45) is 0 Å². The van der Waals surface area contributed by atoms with Gasteiger partial charge in [0, 0.05) is 31.1 Å². The first-order valence-electron chi connectivity index (χ1n) is 10.5. The van der Waals surface area contributed by atoms with E-state index in [-0.39, 0.29) is 5.91 Å². The predicted molar refractivity (Wildman–Crippen MR) is 127 cm³/mol. The van der Waals surface area contributed by atoms with Crippen LogP contribution in [-0.4, -0.2) is 42.1 Å². The highest BCUT2D eigenvalue weighted by Crippen LogP contribution is 2.24. The van der Waals surface area contributed by atoms with Crippen LogP contribution < -0.4 is 10.1 Å². The maximum absolute atomic E-state index is 12.4. The van der Waals surface area contributed by atoms with Crippen molar-refractivity contribution in [3.63, 3.8) is 0 Å². The van der Waals surface area contributed by atoms with E-state index < -0.39 is 11.7 Å². The Balaban J connectivity index is 0.000000597. The highest BCUT2D eigenvalue weighted by molar-refractivity contribution is 7.12. The van der Waals surface area contributed by atoms with Crippen molar-refractivity contribution >= 4 is 34.7 Å². The molecule has 170 valence electrons. The Morgan fingerprint density at radius 2 is 1.87 bits per heavy atom. The highest BCUT2D eigenvalue weighted by Gasteiger charge is 2.19. The van der Waals surface area contributed by atoms with Crippen LogP contribution in [0.4, 0.5) is 4.79 Å². The van der Waals surface area contributed by atoms with Gasteiger partial charge in [0.05, 0.1) is 11.1 Å². The van der Waals surface area contributed by atoms with Gasteiger partial charge in [-0.15, -0.1) is 11.3 Å². The quantitative estimate of drug-likeness (QED) is 0.425. The summed E-state index contributed by atoms with van der Waals surface area (Å²) in [5.74, 6) is 0.752. The normalized spacial score (nSPS) is 14.0. The van der Waals surface area contributed by atoms with E-state index in [1.807, 2.05) is 60.0 Å². The van der Waals surface area contributed by atoms with Crippen LogP contribution >= 0.6 is 22.7 Å². The molecule has 0 saturated carbocycles. The molecular formula is C23H32N2O4S2. The standard InChI is InChI=1S/C19H28N2O4S.C4H4S/c1-19(2,3)25-18(23)20-9-5-8-12-24-15-13-16(26-14-15)17(22)21-10-6-4-7-11-21;1-2-4-5-3-1/h8,12-14H,4-7,9-11H2,1-3H3,(H,20,23);1-4H/b12-8-;. The van der Waals surface area contributed by atoms with Crippen LogP contribution in [0.3, 0.4) is 0 Å². The van der Waals surface area contributed by atoms with Crippen molar-refractivity contribution in [3.05, 3.63) is 51.6 Å². The summed E-state index contributed by atoms with van der Waals surface area (Å²) < 4.78 is 10.7. The first-order chi connectivity index (χ1) is 14.8. The van der Waals surface area contributed by atoms with E-state index >= 15 is 0 Å². The molecule has 1 N–H and O–H groups in total. The van der Waals surface area contributed by atoms with Gasteiger partial charge in [0.1, 0.15) is 11.4 Å². The summed E-state index contributed by atoms with van der Waals surface area (Å²) >= 11 is 3.12. The minimum Gasteiger partial charge on any atom is -0.464 e. The molecular weight excluding hydrogens is 432 g/mol. The van der Waals surface area contributed by atoms with Gasteiger partial charge in [0.2, 0.25) is 0 Å². The molecule has 0 atom stereocenters. The monoisotopic (exact) mass is 464 g/mol. The molecule has 0 unspecified atom stereocenters. The van der Waals surface area contributed by atoms with Crippen molar-refractivity contribution in [2.75, 3.05) is 19.6 Å². The molecule has 31 heavy (non-hydrogen) atoms. The lowest BCUT2D eigenvalue weighted by atomic mass is 10.1. The van der Waals surface area contributed by atoms with Crippen LogP contribution in [0.1, 0.15) is 56.1 Å². The molecule has 0 bridgehead atoms. The minimum absolute atomic E-state index is 0.0927. The van der Waals surface area contributed by atoms with Gasteiger partial charge in [0.15, 0.2) is 0 Å². The summed E-state index contributed by atoms with van der Waals surface area (Å²) in [5.41, 5.74) is -0.495. The van der Waals surface area contributed by atoms with Gasteiger partial charge in [-0.3, -0.25) is 4.79 Å². The van der Waals surface area contributed by atoms with Crippen LogP contribution in [0.2, 0.25) is 0 Å². The molecule has 0 radical (unpaired) electrons. The van der Waals surface area contributed by atoms with E-state index in [4.69, 9.17) is 9.47 Å². The number of nitrogens with zero attached hydrogens (tertiary/aromatic N) is 1. The average molecular weight is 465 g/mol. The Kier molecular flexibility index (Phi) is 10.6. The fourth-order valence-corrected chi connectivity index (χ4v) is 3.97. The third-order valence-corrected chi connectivity index (χ3v) is 5.66. The van der Waals surface area contributed by atoms with Gasteiger partial charge >= 0.3 is 6.09 Å². The number of hydrogen-bond donors (Lipinski definition) is 1. The third kappa shape index (κ3) is 10.5. The zero-order valence-corrected chi connectivity index (χ0v) is 20.1. The van der Waals surface area contributed by atoms with Crippen LogP contribution in [0.25, 0.3) is 0 Å². The predicted octanol–water partition coefficient (Wildman–Crippen LogP) is 5.93. The summed E-state index contributed by atoms with van der Waals surface area (Å²) in [4.78, 5) is 26.5. The zero-order chi connectivity index (χ0) is 22.5. The van der Waals surface area contributed by atoms with Gasteiger partial charge in [-0.1, -0.05) is 12.1 Å². The molecule has 2 aromatic heterocycles. The number of carbonyl (C=O) groups excluding carboxylic acids is 2. The first kappa shape index (κ1) is 24.9. The number of amides is 2. The fourth-order valence-electron chi connectivity index (χ4n) is 2.74. The third-order valence-electron chi connectivity index (χ3n) is 4.13. The second-order valence-corrected chi connectivity index (χ2v) is 9.73. The van der Waals surface area contributed by atoms with Crippen LogP contribution in [-0.2, 0) is 4.74 Å². The second kappa shape index (κ2) is 13.2. The number of piperidine rings is 1. The van der Waals surface area contributed by atoms with Crippen molar-refractivity contribution in [1.82, 2.24) is 10.2 Å². The van der Waals surface area contributed by atoms with E-state index in [1.165, 1.54) is 17.8 Å². The average Bonchev–Trinajstić information content (AvgIpc) is 3.44. The first-order valence-corrected chi connectivity index (χ1v) is 12.3. The minimum atomic E-state index is -0.495. The molecule has 0 aliphatic carbocycles. The van der Waals surface area contributed by atoms with Gasteiger partial charge in [-0.05, 0) is 63.3 Å². The molecule has 0 aromatic carbocycles. The lowest BCUT2D eigenvalue weighted by Gasteiger charge is -2.26. The highest BCUT2D eigenvalue weighted by atomic mass is 32.1. The topological polar surface area (TPSA) is 67.9 Å². The summed E-state index contributed by atoms with van der Waals surface area (Å²) in [7, 11) is 0. The molecule has 0 spiro atoms. The van der Waals surface area contributed by atoms with Gasteiger partial charge in [-0.2, -0.15) is 11.3 Å². The van der Waals surface area contributed by atoms with Crippen molar-refractivity contribution in [3.8, 4) is 5.75 Å². The van der Waals surface area contributed by atoms with Crippen molar-refractivity contribution in [2.45, 2.75) is 52.1 Å². The number of rotatable bonds is 6. The second-order valence-electron chi connectivity index (χ2n) is 8.00. The number of alkyl carbamates (subject to hydrolysis) is 1. The van der Waals surface area contributed by atoms with E-state index in [1.54, 1.807) is 23.7 Å². The number of ether oxygens (including phenoxy) is 2. The number of hydrogen-bond acceptors (Lipinski definition) is 6. The SMILES string of the molecule is CC(C)(C)OC(=O)NCC/C=C\Oc1csc(C(=O)N2CCCCC2)c1.c1ccsc1. The fraction of sp³-hybridized carbons (Fsp3) is 0.478. The van der Waals surface area contributed by atoms with Gasteiger partial charge in [-0.25, -0.2) is 4.79 Å². The number of thiophene rings is 2. The smallest absolute Gasteiger partial charge is 0.407 e. The molecule has 8 heteroatoms. The Hall–Kier alpha value is -2.32. The molecule has 2 aromatic rings. The zero-order valence-electron chi connectivity index (χ0n) is 18.5. The maximum atomic E-state index is 12.4. The van der Waals surface area contributed by atoms with E-state index in [9.17, 15) is 9.59 Å². The Morgan fingerprint density at radius 3 is 2.48 bits per heavy atom. The van der Waals surface area contributed by atoms with E-state index in [2.05, 4.69) is 5.32 Å². The Labute approximate surface area is 192 Å². The van der Waals surface area contributed by atoms with Gasteiger partial charge in [0.25, 0.3) is 5.91 Å². The molecule has 1 aliphatic heterocycles. The Bertz CT molecular complexity index is 787. The number of nitrogens with one attached hydrogen (secondary N) is 1. The van der Waals surface area contributed by atoms with Crippen LogP contribution in [0.5, 0.6) is 5.75 Å².